The van der Waals surface area contributed by atoms with Crippen LogP contribution in [0, 0.1) is 28.1 Å². The number of carboxylic acid groups (broad SMARTS) is 1. The molecular weight excluding hydrogens is 608 g/mol. The number of rotatable bonds is 6. The number of aliphatic hydroxyl groups excluding tert-OH is 4. The van der Waals surface area contributed by atoms with Gasteiger partial charge in [0.25, 0.3) is 0 Å². The average molecular weight is 650 g/mol. The summed E-state index contributed by atoms with van der Waals surface area (Å²) < 4.78 is 36.0. The van der Waals surface area contributed by atoms with Gasteiger partial charge in [-0.3, -0.25) is 9.59 Å². The molecule has 46 heavy (non-hydrogen) atoms. The zero-order valence-electron chi connectivity index (χ0n) is 26.1. The molecule has 0 radical (unpaired) electrons. The summed E-state index contributed by atoms with van der Waals surface area (Å²) in [6.07, 6.45) is -7.71. The quantitative estimate of drug-likeness (QED) is 0.218. The van der Waals surface area contributed by atoms with E-state index >= 15 is 0 Å². The fourth-order valence-corrected chi connectivity index (χ4v) is 10.5. The average Bonchev–Trinajstić information content (AvgIpc) is 3.48. The first-order chi connectivity index (χ1) is 21.6. The molecule has 1 aromatic rings. The molecule has 4 N–H and O–H groups in total. The molecule has 2 saturated carbocycles. The van der Waals surface area contributed by atoms with Crippen LogP contribution in [0.25, 0.3) is 0 Å². The van der Waals surface area contributed by atoms with E-state index in [1.54, 1.807) is 19.9 Å². The normalized spacial score (nSPS) is 49.9. The fourth-order valence-electron chi connectivity index (χ4n) is 10.5. The predicted octanol–water partition coefficient (Wildman–Crippen LogP) is -0.853. The van der Waals surface area contributed by atoms with E-state index in [1.165, 1.54) is 12.5 Å². The Morgan fingerprint density at radius 3 is 2.43 bits per heavy atom. The summed E-state index contributed by atoms with van der Waals surface area (Å²) in [7, 11) is 0. The standard InChI is InChI=1S/C32H42O14/c1-28(2)17-9-18(34)30(4)16(31(17)13-42-20(35)10-19(31)45-28)5-7-29(3,32(30)25(46-32)26(39)40)24(14-6-8-41-12-14)44-27-23(38)22(37)21(36)15(11-33)43-27/h6,8,12,15-17,19,21-25,27,33,36-38H,5,7,9-11,13H2,1-4H3,(H,39,40)/p-1/t15-,16+,17+,19+,21-,22+,23-,24+,25-,27+,29+,30+,31-,32-/m1/s1. The highest BCUT2D eigenvalue weighted by atomic mass is 16.7. The van der Waals surface area contributed by atoms with Gasteiger partial charge in [-0.05, 0) is 45.6 Å². The van der Waals surface area contributed by atoms with Gasteiger partial charge in [0, 0.05) is 28.7 Å². The molecule has 6 aliphatic rings. The number of ether oxygens (including phenoxy) is 5. The van der Waals surface area contributed by atoms with E-state index in [1.807, 2.05) is 13.8 Å². The fraction of sp³-hybridized carbons (Fsp3) is 0.781. The van der Waals surface area contributed by atoms with Crippen LogP contribution in [-0.2, 0) is 38.1 Å². The Bertz CT molecular complexity index is 1410. The van der Waals surface area contributed by atoms with E-state index in [0.29, 0.717) is 12.0 Å². The minimum Gasteiger partial charge on any atom is -0.547 e. The van der Waals surface area contributed by atoms with Crippen molar-refractivity contribution in [3.63, 3.8) is 0 Å². The molecular formula is C32H41O14-. The van der Waals surface area contributed by atoms with E-state index < -0.39 is 101 Å². The topological polar surface area (TPSA) is 218 Å². The first-order valence-electron chi connectivity index (χ1n) is 15.8. The maximum absolute atomic E-state index is 14.7. The lowest BCUT2D eigenvalue weighted by Crippen LogP contribution is -2.72. The number of furan rings is 1. The molecule has 2 aliphatic carbocycles. The van der Waals surface area contributed by atoms with Crippen molar-refractivity contribution in [1.82, 2.24) is 0 Å². The number of ketones is 1. The molecule has 2 spiro atoms. The molecule has 254 valence electrons. The van der Waals surface area contributed by atoms with Crippen molar-refractivity contribution < 1.29 is 68.0 Å². The SMILES string of the molecule is CC1(C)O[C@H]2CC(=O)OC[C@]23[C@H]2CC[C@@](C)([C@@H](O[C@@H]4O[C@H](CO)[C@@H](O)[C@H](O)[C@H]4O)c4ccoc4)[C@@]4(O[C@@H]4C(=O)[O-])[C@]2(C)C(=O)C[C@@H]13. The lowest BCUT2D eigenvalue weighted by atomic mass is 9.37. The van der Waals surface area contributed by atoms with E-state index in [2.05, 4.69) is 0 Å². The number of aliphatic hydroxyl groups is 4. The Balaban J connectivity index is 1.35. The van der Waals surface area contributed by atoms with Crippen molar-refractivity contribution >= 4 is 17.7 Å². The molecule has 5 heterocycles. The summed E-state index contributed by atoms with van der Waals surface area (Å²) in [6, 6.07) is 1.60. The van der Waals surface area contributed by atoms with Crippen LogP contribution in [0.3, 0.4) is 0 Å². The minimum atomic E-state index is -1.75. The van der Waals surface area contributed by atoms with Gasteiger partial charge in [-0.1, -0.05) is 6.92 Å². The monoisotopic (exact) mass is 649 g/mol. The highest BCUT2D eigenvalue weighted by Gasteiger charge is 2.87. The molecule has 6 fully saturated rings. The lowest BCUT2D eigenvalue weighted by molar-refractivity contribution is -0.328. The Morgan fingerprint density at radius 2 is 1.80 bits per heavy atom. The summed E-state index contributed by atoms with van der Waals surface area (Å²) in [5.74, 6) is -2.94. The van der Waals surface area contributed by atoms with Gasteiger partial charge >= 0.3 is 5.97 Å². The first kappa shape index (κ1) is 32.1. The Labute approximate surface area is 264 Å². The molecule has 0 bridgehead atoms. The molecule has 7 rings (SSSR count). The minimum absolute atomic E-state index is 0.00754. The third kappa shape index (κ3) is 3.89. The number of epoxide rings is 1. The highest BCUT2D eigenvalue weighted by Crippen LogP contribution is 2.78. The lowest BCUT2D eigenvalue weighted by Gasteiger charge is -2.64. The third-order valence-corrected chi connectivity index (χ3v) is 12.6. The summed E-state index contributed by atoms with van der Waals surface area (Å²) in [5, 5.41) is 54.3. The number of hydrogen-bond donors (Lipinski definition) is 4. The Hall–Kier alpha value is -2.43. The van der Waals surface area contributed by atoms with Gasteiger partial charge in [-0.15, -0.1) is 0 Å². The van der Waals surface area contributed by atoms with Crippen LogP contribution in [0.15, 0.2) is 23.0 Å². The van der Waals surface area contributed by atoms with Crippen LogP contribution in [-0.4, -0.2) is 105 Å². The number of carbonyl (C=O) groups excluding carboxylic acids is 3. The zero-order valence-corrected chi connectivity index (χ0v) is 26.1. The number of aliphatic carboxylic acids is 1. The second-order valence-corrected chi connectivity index (χ2v) is 14.9. The van der Waals surface area contributed by atoms with E-state index in [4.69, 9.17) is 28.1 Å². The Kier molecular flexibility index (Phi) is 7.19. The summed E-state index contributed by atoms with van der Waals surface area (Å²) in [6.45, 7) is 6.63. The molecule has 14 heteroatoms. The molecule has 4 aliphatic heterocycles. The molecule has 1 aromatic heterocycles. The van der Waals surface area contributed by atoms with Gasteiger partial charge in [0.15, 0.2) is 6.29 Å². The highest BCUT2D eigenvalue weighted by molar-refractivity contribution is 5.92. The van der Waals surface area contributed by atoms with Crippen LogP contribution >= 0.6 is 0 Å². The second-order valence-electron chi connectivity index (χ2n) is 14.9. The zero-order chi connectivity index (χ0) is 33.2. The van der Waals surface area contributed by atoms with E-state index in [9.17, 15) is 39.9 Å². The smallest absolute Gasteiger partial charge is 0.308 e. The van der Waals surface area contributed by atoms with Crippen LogP contribution in [0.2, 0.25) is 0 Å². The van der Waals surface area contributed by atoms with Gasteiger partial charge in [0.05, 0.1) is 54.7 Å². The van der Waals surface area contributed by atoms with Crippen molar-refractivity contribution in [2.45, 2.75) is 114 Å². The number of Topliss-reactive ketones (excluding diaryl/α,β-unsaturated/α-hetero) is 1. The predicted molar refractivity (Wildman–Crippen MR) is 148 cm³/mol. The maximum Gasteiger partial charge on any atom is 0.308 e. The van der Waals surface area contributed by atoms with Gasteiger partial charge in [0.1, 0.15) is 48.5 Å². The van der Waals surface area contributed by atoms with Crippen LogP contribution < -0.4 is 5.11 Å². The molecule has 0 unspecified atom stereocenters. The van der Waals surface area contributed by atoms with Crippen molar-refractivity contribution in [3.8, 4) is 0 Å². The number of fused-ring (bicyclic) bond motifs is 2. The molecule has 4 saturated heterocycles. The third-order valence-electron chi connectivity index (χ3n) is 12.6. The molecule has 0 amide bonds. The molecule has 14 atom stereocenters. The van der Waals surface area contributed by atoms with Crippen LogP contribution in [0.5, 0.6) is 0 Å². The summed E-state index contributed by atoms with van der Waals surface area (Å²) >= 11 is 0. The maximum atomic E-state index is 14.7. The van der Waals surface area contributed by atoms with Crippen molar-refractivity contribution in [2.75, 3.05) is 13.2 Å². The van der Waals surface area contributed by atoms with Gasteiger partial charge in [-0.2, -0.15) is 0 Å². The molecule has 0 aromatic carbocycles. The van der Waals surface area contributed by atoms with Crippen molar-refractivity contribution in [3.05, 3.63) is 24.2 Å². The van der Waals surface area contributed by atoms with Crippen LogP contribution in [0.4, 0.5) is 0 Å². The summed E-state index contributed by atoms with van der Waals surface area (Å²) in [4.78, 5) is 39.9. The van der Waals surface area contributed by atoms with Crippen molar-refractivity contribution in [1.29, 1.82) is 0 Å². The second kappa shape index (κ2) is 10.3. The van der Waals surface area contributed by atoms with Gasteiger partial charge in [-0.25, -0.2) is 0 Å². The Morgan fingerprint density at radius 1 is 1.07 bits per heavy atom. The largest absolute Gasteiger partial charge is 0.547 e. The van der Waals surface area contributed by atoms with Crippen molar-refractivity contribution in [2.24, 2.45) is 28.1 Å². The molecule has 14 nitrogen and oxygen atoms in total. The number of carbonyl (C=O) groups is 3. The number of esters is 1. The number of carboxylic acids is 1. The van der Waals surface area contributed by atoms with E-state index in [-0.39, 0.29) is 37.6 Å². The van der Waals surface area contributed by atoms with Gasteiger partial charge in [0.2, 0.25) is 0 Å². The van der Waals surface area contributed by atoms with Crippen LogP contribution in [0.1, 0.15) is 65.0 Å². The first-order valence-corrected chi connectivity index (χ1v) is 15.8. The number of hydrogen-bond acceptors (Lipinski definition) is 14. The number of cyclic esters (lactones) is 1. The van der Waals surface area contributed by atoms with E-state index in [0.717, 1.165) is 0 Å². The summed E-state index contributed by atoms with van der Waals surface area (Å²) in [5.41, 5.74) is -5.60. The van der Waals surface area contributed by atoms with Gasteiger partial charge < -0.3 is 58.4 Å².